The number of esters is 1. The van der Waals surface area contributed by atoms with Gasteiger partial charge in [-0.3, -0.25) is 0 Å². The third kappa shape index (κ3) is 1.27. The van der Waals surface area contributed by atoms with Gasteiger partial charge in [0, 0.05) is 12.0 Å². The van der Waals surface area contributed by atoms with Gasteiger partial charge in [0.25, 0.3) is 0 Å². The number of cyclic esters (lactones) is 1. The highest BCUT2D eigenvalue weighted by Crippen LogP contribution is 2.25. The van der Waals surface area contributed by atoms with Crippen molar-refractivity contribution in [3.63, 3.8) is 0 Å². The van der Waals surface area contributed by atoms with Gasteiger partial charge in [-0.1, -0.05) is 6.58 Å². The number of hydrogen-bond acceptors (Lipinski definition) is 3. The average molecular weight is 144 g/mol. The van der Waals surface area contributed by atoms with Crippen LogP contribution in [0, 0.1) is 0 Å². The van der Waals surface area contributed by atoms with E-state index in [4.69, 9.17) is 4.74 Å². The van der Waals surface area contributed by atoms with Gasteiger partial charge in [0.05, 0.1) is 0 Å². The van der Waals surface area contributed by atoms with Crippen molar-refractivity contribution in [3.05, 3.63) is 12.2 Å². The minimum Gasteiger partial charge on any atom is -0.448 e. The molecule has 50 valence electrons. The fraction of sp³-hybridized carbons (Fsp3) is 0.500. The fourth-order valence-electron chi connectivity index (χ4n) is 0.660. The van der Waals surface area contributed by atoms with Crippen LogP contribution < -0.4 is 0 Å². The molecule has 1 heterocycles. The Morgan fingerprint density at radius 1 is 1.89 bits per heavy atom. The summed E-state index contributed by atoms with van der Waals surface area (Å²) in [6.07, 6.45) is 2.59. The first-order valence-corrected chi connectivity index (χ1v) is 3.94. The molecule has 2 nitrogen and oxygen atoms in total. The van der Waals surface area contributed by atoms with Gasteiger partial charge < -0.3 is 4.74 Å². The molecule has 0 saturated carbocycles. The normalized spacial score (nSPS) is 26.6. The predicted molar refractivity (Wildman–Crippen MR) is 37.2 cm³/mol. The molecule has 1 saturated heterocycles. The van der Waals surface area contributed by atoms with Gasteiger partial charge in [-0.2, -0.15) is 0 Å². The molecule has 0 radical (unpaired) electrons. The van der Waals surface area contributed by atoms with Gasteiger partial charge in [-0.05, 0) is 6.26 Å². The van der Waals surface area contributed by atoms with E-state index in [2.05, 4.69) is 6.58 Å². The molecule has 1 unspecified atom stereocenters. The summed E-state index contributed by atoms with van der Waals surface area (Å²) in [6, 6.07) is 0. The summed E-state index contributed by atoms with van der Waals surface area (Å²) in [5, 5.41) is 0. The summed E-state index contributed by atoms with van der Waals surface area (Å²) < 4.78 is 4.85. The van der Waals surface area contributed by atoms with E-state index >= 15 is 0 Å². The zero-order valence-electron chi connectivity index (χ0n) is 5.22. The van der Waals surface area contributed by atoms with E-state index < -0.39 is 0 Å². The van der Waals surface area contributed by atoms with Gasteiger partial charge in [0.2, 0.25) is 0 Å². The number of rotatable bonds is 1. The van der Waals surface area contributed by atoms with Crippen LogP contribution >= 0.6 is 11.8 Å². The second-order valence-electron chi connectivity index (χ2n) is 1.88. The molecule has 0 aromatic heterocycles. The molecule has 1 fully saturated rings. The van der Waals surface area contributed by atoms with Gasteiger partial charge in [-0.15, -0.1) is 11.8 Å². The lowest BCUT2D eigenvalue weighted by Crippen LogP contribution is -1.99. The SMILES string of the molecule is C=C1CC(SC)OC1=O. The van der Waals surface area contributed by atoms with Gasteiger partial charge in [0.1, 0.15) is 0 Å². The van der Waals surface area contributed by atoms with E-state index in [1.807, 2.05) is 6.26 Å². The highest BCUT2D eigenvalue weighted by molar-refractivity contribution is 7.99. The van der Waals surface area contributed by atoms with Crippen molar-refractivity contribution < 1.29 is 9.53 Å². The van der Waals surface area contributed by atoms with Crippen molar-refractivity contribution in [2.75, 3.05) is 6.26 Å². The molecular formula is C6H8O2S. The molecule has 0 bridgehead atoms. The molecule has 1 aliphatic heterocycles. The van der Waals surface area contributed by atoms with Crippen molar-refractivity contribution in [3.8, 4) is 0 Å². The average Bonchev–Trinajstić information content (AvgIpc) is 2.13. The molecule has 1 aliphatic rings. The Morgan fingerprint density at radius 2 is 2.56 bits per heavy atom. The minimum absolute atomic E-state index is 0.0185. The first-order valence-electron chi connectivity index (χ1n) is 2.65. The summed E-state index contributed by atoms with van der Waals surface area (Å²) >= 11 is 1.54. The smallest absolute Gasteiger partial charge is 0.334 e. The van der Waals surface area contributed by atoms with Gasteiger partial charge in [0.15, 0.2) is 5.44 Å². The fourth-order valence-corrected chi connectivity index (χ4v) is 1.21. The second kappa shape index (κ2) is 2.43. The molecule has 0 N–H and O–H groups in total. The molecule has 0 aromatic rings. The predicted octanol–water partition coefficient (Wildman–Crippen LogP) is 1.18. The van der Waals surface area contributed by atoms with Crippen LogP contribution in [0.15, 0.2) is 12.2 Å². The Bertz CT molecular complexity index is 137. The van der Waals surface area contributed by atoms with Crippen molar-refractivity contribution in [2.24, 2.45) is 0 Å². The van der Waals surface area contributed by atoms with Crippen LogP contribution in [-0.2, 0) is 9.53 Å². The minimum atomic E-state index is -0.241. The van der Waals surface area contributed by atoms with Crippen LogP contribution in [0.1, 0.15) is 6.42 Å². The van der Waals surface area contributed by atoms with E-state index in [9.17, 15) is 4.79 Å². The lowest BCUT2D eigenvalue weighted by Gasteiger charge is -2.00. The third-order valence-electron chi connectivity index (χ3n) is 1.20. The quantitative estimate of drug-likeness (QED) is 0.408. The largest absolute Gasteiger partial charge is 0.448 e. The van der Waals surface area contributed by atoms with Gasteiger partial charge >= 0.3 is 5.97 Å². The van der Waals surface area contributed by atoms with Crippen molar-refractivity contribution in [1.82, 2.24) is 0 Å². The number of ether oxygens (including phenoxy) is 1. The first kappa shape index (κ1) is 6.68. The topological polar surface area (TPSA) is 26.3 Å². The Hall–Kier alpha value is -0.440. The first-order chi connectivity index (χ1) is 4.24. The number of carbonyl (C=O) groups is 1. The number of hydrogen-bond donors (Lipinski definition) is 0. The van der Waals surface area contributed by atoms with Crippen LogP contribution in [-0.4, -0.2) is 17.7 Å². The maximum Gasteiger partial charge on any atom is 0.334 e. The van der Waals surface area contributed by atoms with Crippen molar-refractivity contribution in [1.29, 1.82) is 0 Å². The zero-order valence-corrected chi connectivity index (χ0v) is 6.03. The van der Waals surface area contributed by atoms with Crippen LogP contribution in [0.5, 0.6) is 0 Å². The van der Waals surface area contributed by atoms with Crippen LogP contribution in [0.4, 0.5) is 0 Å². The molecule has 0 aromatic carbocycles. The van der Waals surface area contributed by atoms with E-state index in [1.165, 1.54) is 11.8 Å². The van der Waals surface area contributed by atoms with E-state index in [-0.39, 0.29) is 11.4 Å². The monoisotopic (exact) mass is 144 g/mol. The standard InChI is InChI=1S/C6H8O2S/c1-4-3-5(9-2)8-6(4)7/h5H,1,3H2,2H3. The summed E-state index contributed by atoms with van der Waals surface area (Å²) in [4.78, 5) is 10.6. The van der Waals surface area contributed by atoms with E-state index in [0.29, 0.717) is 12.0 Å². The van der Waals surface area contributed by atoms with Crippen LogP contribution in [0.25, 0.3) is 0 Å². The molecular weight excluding hydrogens is 136 g/mol. The molecule has 9 heavy (non-hydrogen) atoms. The Balaban J connectivity index is 2.54. The second-order valence-corrected chi connectivity index (χ2v) is 2.88. The van der Waals surface area contributed by atoms with Crippen molar-refractivity contribution in [2.45, 2.75) is 11.9 Å². The Labute approximate surface area is 58.3 Å². The summed E-state index contributed by atoms with van der Waals surface area (Å²) in [5.41, 5.74) is 0.611. The molecule has 0 spiro atoms. The molecule has 3 heteroatoms. The highest BCUT2D eigenvalue weighted by atomic mass is 32.2. The molecule has 0 amide bonds. The molecule has 0 aliphatic carbocycles. The lowest BCUT2D eigenvalue weighted by molar-refractivity contribution is -0.136. The molecule has 1 rings (SSSR count). The highest BCUT2D eigenvalue weighted by Gasteiger charge is 2.25. The van der Waals surface area contributed by atoms with Crippen LogP contribution in [0.3, 0.4) is 0 Å². The van der Waals surface area contributed by atoms with E-state index in [0.717, 1.165) is 0 Å². The molecule has 1 atom stereocenters. The van der Waals surface area contributed by atoms with Crippen LogP contribution in [0.2, 0.25) is 0 Å². The summed E-state index contributed by atoms with van der Waals surface area (Å²) in [5.74, 6) is -0.241. The maximum absolute atomic E-state index is 10.6. The maximum atomic E-state index is 10.6. The lowest BCUT2D eigenvalue weighted by atomic mass is 10.3. The number of thioether (sulfide) groups is 1. The summed E-state index contributed by atoms with van der Waals surface area (Å²) in [6.45, 7) is 3.55. The van der Waals surface area contributed by atoms with Gasteiger partial charge in [-0.25, -0.2) is 4.79 Å². The van der Waals surface area contributed by atoms with E-state index in [1.54, 1.807) is 0 Å². The number of carbonyl (C=O) groups excluding carboxylic acids is 1. The summed E-state index contributed by atoms with van der Waals surface area (Å²) in [7, 11) is 0. The van der Waals surface area contributed by atoms with Crippen molar-refractivity contribution >= 4 is 17.7 Å². The zero-order chi connectivity index (χ0) is 6.85. The third-order valence-corrected chi connectivity index (χ3v) is 1.99. The Morgan fingerprint density at radius 3 is 2.78 bits per heavy atom. The Kier molecular flexibility index (Phi) is 1.81.